The molecular formula is C23H21F2N5OS. The minimum absolute atomic E-state index is 0.00896. The number of aryl methyl sites for hydroxylation is 2. The number of halogens is 2. The Morgan fingerprint density at radius 2 is 1.88 bits per heavy atom. The molecule has 0 fully saturated rings. The van der Waals surface area contributed by atoms with E-state index in [9.17, 15) is 13.6 Å². The Labute approximate surface area is 188 Å². The van der Waals surface area contributed by atoms with E-state index in [1.54, 1.807) is 0 Å². The Morgan fingerprint density at radius 1 is 1.09 bits per heavy atom. The van der Waals surface area contributed by atoms with Crippen molar-refractivity contribution in [2.75, 3.05) is 11.1 Å². The van der Waals surface area contributed by atoms with Gasteiger partial charge in [0.05, 0.1) is 11.4 Å². The number of carbonyl (C=O) groups is 1. The quantitative estimate of drug-likeness (QED) is 0.418. The zero-order valence-electron chi connectivity index (χ0n) is 17.5. The van der Waals surface area contributed by atoms with Crippen LogP contribution in [-0.4, -0.2) is 31.0 Å². The largest absolute Gasteiger partial charge is 0.354 e. The predicted molar refractivity (Wildman–Crippen MR) is 120 cm³/mol. The number of aromatic nitrogens is 4. The van der Waals surface area contributed by atoms with Crippen molar-refractivity contribution < 1.29 is 13.6 Å². The van der Waals surface area contributed by atoms with E-state index in [1.165, 1.54) is 17.8 Å². The molecule has 0 aliphatic rings. The topological polar surface area (TPSA) is 64.7 Å². The van der Waals surface area contributed by atoms with Gasteiger partial charge in [-0.1, -0.05) is 29.5 Å². The van der Waals surface area contributed by atoms with Crippen molar-refractivity contribution in [2.45, 2.75) is 18.5 Å². The number of anilines is 1. The lowest BCUT2D eigenvalue weighted by Crippen LogP contribution is -2.15. The Bertz CT molecular complexity index is 1250. The summed E-state index contributed by atoms with van der Waals surface area (Å²) in [4.78, 5) is 12.4. The maximum Gasteiger partial charge on any atom is 0.234 e. The second kappa shape index (κ2) is 9.35. The van der Waals surface area contributed by atoms with Crippen LogP contribution in [0.1, 0.15) is 17.1 Å². The van der Waals surface area contributed by atoms with Gasteiger partial charge in [-0.2, -0.15) is 0 Å². The number of rotatable bonds is 7. The molecule has 164 valence electrons. The molecule has 2 aromatic heterocycles. The molecule has 0 spiro atoms. The zero-order chi connectivity index (χ0) is 22.7. The van der Waals surface area contributed by atoms with Gasteiger partial charge in [0.2, 0.25) is 5.91 Å². The monoisotopic (exact) mass is 453 g/mol. The van der Waals surface area contributed by atoms with Crippen LogP contribution in [0.2, 0.25) is 0 Å². The fourth-order valence-corrected chi connectivity index (χ4v) is 3.98. The van der Waals surface area contributed by atoms with Crippen LogP contribution >= 0.6 is 11.8 Å². The lowest BCUT2D eigenvalue weighted by Gasteiger charge is -2.11. The van der Waals surface area contributed by atoms with Gasteiger partial charge in [0, 0.05) is 37.1 Å². The van der Waals surface area contributed by atoms with E-state index >= 15 is 0 Å². The molecule has 0 aliphatic heterocycles. The highest BCUT2D eigenvalue weighted by Gasteiger charge is 2.17. The van der Waals surface area contributed by atoms with E-state index in [-0.39, 0.29) is 11.4 Å². The number of hydrogen-bond acceptors (Lipinski definition) is 4. The minimum Gasteiger partial charge on any atom is -0.354 e. The van der Waals surface area contributed by atoms with Crippen molar-refractivity contribution in [3.8, 4) is 5.69 Å². The van der Waals surface area contributed by atoms with Crippen LogP contribution < -0.4 is 5.32 Å². The molecule has 0 unspecified atom stereocenters. The summed E-state index contributed by atoms with van der Waals surface area (Å²) in [7, 11) is 1.97. The maximum atomic E-state index is 13.8. The van der Waals surface area contributed by atoms with Crippen molar-refractivity contribution in [1.82, 2.24) is 19.3 Å². The van der Waals surface area contributed by atoms with E-state index in [2.05, 4.69) is 15.5 Å². The van der Waals surface area contributed by atoms with Gasteiger partial charge in [-0.25, -0.2) is 8.78 Å². The highest BCUT2D eigenvalue weighted by molar-refractivity contribution is 7.99. The number of amides is 1. The Balaban J connectivity index is 1.55. The van der Waals surface area contributed by atoms with Gasteiger partial charge in [0.1, 0.15) is 17.5 Å². The number of hydrogen-bond donors (Lipinski definition) is 1. The van der Waals surface area contributed by atoms with Crippen LogP contribution in [-0.2, 0) is 18.3 Å². The van der Waals surface area contributed by atoms with E-state index in [4.69, 9.17) is 0 Å². The second-order valence-corrected chi connectivity index (χ2v) is 8.26. The summed E-state index contributed by atoms with van der Waals surface area (Å²) in [6.07, 6.45) is 2.54. The van der Waals surface area contributed by atoms with Crippen molar-refractivity contribution in [3.05, 3.63) is 89.5 Å². The van der Waals surface area contributed by atoms with Gasteiger partial charge in [0.15, 0.2) is 5.16 Å². The third kappa shape index (κ3) is 4.88. The maximum absolute atomic E-state index is 13.8. The van der Waals surface area contributed by atoms with Crippen molar-refractivity contribution >= 4 is 23.4 Å². The highest BCUT2D eigenvalue weighted by atomic mass is 32.2. The molecular weight excluding hydrogens is 432 g/mol. The smallest absolute Gasteiger partial charge is 0.234 e. The molecule has 32 heavy (non-hydrogen) atoms. The van der Waals surface area contributed by atoms with Crippen molar-refractivity contribution in [3.63, 3.8) is 0 Å². The molecule has 0 saturated carbocycles. The molecule has 4 rings (SSSR count). The van der Waals surface area contributed by atoms with Crippen molar-refractivity contribution in [2.24, 2.45) is 7.05 Å². The molecule has 0 radical (unpaired) electrons. The SMILES string of the molecule is Cc1ccc(-n2c(Cc3cccn3C)nnc2SCC(=O)Nc2ccc(F)cc2F)cc1. The standard InChI is InChI=1S/C23H21F2N5OS/c1-15-5-8-17(9-6-15)30-21(13-18-4-3-11-29(18)2)27-28-23(30)32-14-22(31)26-20-10-7-16(24)12-19(20)25/h3-12H,13-14H2,1-2H3,(H,26,31). The van der Waals surface area contributed by atoms with E-state index in [1.807, 2.05) is 65.7 Å². The molecule has 9 heteroatoms. The number of thioether (sulfide) groups is 1. The number of benzene rings is 2. The molecule has 0 aliphatic carbocycles. The third-order valence-electron chi connectivity index (χ3n) is 4.92. The molecule has 0 saturated heterocycles. The van der Waals surface area contributed by atoms with Gasteiger partial charge >= 0.3 is 0 Å². The third-order valence-corrected chi connectivity index (χ3v) is 5.85. The average Bonchev–Trinajstić information content (AvgIpc) is 3.35. The van der Waals surface area contributed by atoms with Gasteiger partial charge in [0.25, 0.3) is 0 Å². The number of carbonyl (C=O) groups excluding carboxylic acids is 1. The molecule has 6 nitrogen and oxygen atoms in total. The summed E-state index contributed by atoms with van der Waals surface area (Å²) in [6.45, 7) is 2.01. The summed E-state index contributed by atoms with van der Waals surface area (Å²) in [5.74, 6) is -1.22. The van der Waals surface area contributed by atoms with Crippen LogP contribution in [0.15, 0.2) is 66.0 Å². The molecule has 2 aromatic carbocycles. The van der Waals surface area contributed by atoms with E-state index in [0.717, 1.165) is 34.9 Å². The van der Waals surface area contributed by atoms with Crippen molar-refractivity contribution in [1.29, 1.82) is 0 Å². The van der Waals surface area contributed by atoms with Crippen LogP contribution in [0.5, 0.6) is 0 Å². The first-order valence-electron chi connectivity index (χ1n) is 9.90. The zero-order valence-corrected chi connectivity index (χ0v) is 18.4. The summed E-state index contributed by atoms with van der Waals surface area (Å²) < 4.78 is 30.8. The second-order valence-electron chi connectivity index (χ2n) is 7.32. The molecule has 4 aromatic rings. The molecule has 1 amide bonds. The Morgan fingerprint density at radius 3 is 2.56 bits per heavy atom. The van der Waals surface area contributed by atoms with Crippen LogP contribution in [0.25, 0.3) is 5.69 Å². The van der Waals surface area contributed by atoms with Crippen LogP contribution in [0, 0.1) is 18.6 Å². The summed E-state index contributed by atoms with van der Waals surface area (Å²) >= 11 is 1.19. The van der Waals surface area contributed by atoms with E-state index in [0.29, 0.717) is 11.6 Å². The van der Waals surface area contributed by atoms with Gasteiger partial charge < -0.3 is 9.88 Å². The summed E-state index contributed by atoms with van der Waals surface area (Å²) in [5, 5.41) is 11.7. The normalized spacial score (nSPS) is 11.0. The van der Waals surface area contributed by atoms with Crippen LogP contribution in [0.3, 0.4) is 0 Å². The molecule has 2 heterocycles. The fourth-order valence-electron chi connectivity index (χ4n) is 3.21. The first-order valence-corrected chi connectivity index (χ1v) is 10.9. The minimum atomic E-state index is -0.823. The Kier molecular flexibility index (Phi) is 6.36. The Hall–Kier alpha value is -3.46. The van der Waals surface area contributed by atoms with Gasteiger partial charge in [-0.15, -0.1) is 10.2 Å². The predicted octanol–water partition coefficient (Wildman–Crippen LogP) is 4.51. The lowest BCUT2D eigenvalue weighted by atomic mass is 10.2. The summed E-state index contributed by atoms with van der Waals surface area (Å²) in [6, 6.07) is 15.0. The first-order chi connectivity index (χ1) is 15.4. The molecule has 1 N–H and O–H groups in total. The fraction of sp³-hybridized carbons (Fsp3) is 0.174. The van der Waals surface area contributed by atoms with Gasteiger partial charge in [-0.3, -0.25) is 9.36 Å². The lowest BCUT2D eigenvalue weighted by molar-refractivity contribution is -0.113. The average molecular weight is 454 g/mol. The van der Waals surface area contributed by atoms with Crippen LogP contribution in [0.4, 0.5) is 14.5 Å². The first kappa shape index (κ1) is 21.8. The molecule has 0 bridgehead atoms. The molecule has 0 atom stereocenters. The van der Waals surface area contributed by atoms with E-state index < -0.39 is 17.5 Å². The summed E-state index contributed by atoms with van der Waals surface area (Å²) in [5.41, 5.74) is 3.02. The van der Waals surface area contributed by atoms with Gasteiger partial charge in [-0.05, 0) is 43.3 Å². The highest BCUT2D eigenvalue weighted by Crippen LogP contribution is 2.24. The number of nitrogens with one attached hydrogen (secondary N) is 1. The number of nitrogens with zero attached hydrogens (tertiary/aromatic N) is 4.